The zero-order valence-electron chi connectivity index (χ0n) is 10.5. The van der Waals surface area contributed by atoms with Crippen LogP contribution in [-0.2, 0) is 10.0 Å². The van der Waals surface area contributed by atoms with E-state index in [1.807, 2.05) is 0 Å². The average molecular weight is 319 g/mol. The maximum atomic E-state index is 12.9. The van der Waals surface area contributed by atoms with Crippen molar-refractivity contribution in [2.45, 2.75) is 10.8 Å². The SMILES string of the molecule is O=c1ccc2cc(S(=O)(=O)NCC(F)(F)CO)ccc2o1. The van der Waals surface area contributed by atoms with Crippen LogP contribution >= 0.6 is 0 Å². The Kier molecular flexibility index (Phi) is 4.08. The lowest BCUT2D eigenvalue weighted by Gasteiger charge is -2.14. The number of aliphatic hydroxyl groups excluding tert-OH is 1. The molecule has 2 N–H and O–H groups in total. The van der Waals surface area contributed by atoms with Gasteiger partial charge in [0.15, 0.2) is 0 Å². The van der Waals surface area contributed by atoms with Gasteiger partial charge in [0.2, 0.25) is 10.0 Å². The van der Waals surface area contributed by atoms with Gasteiger partial charge in [-0.3, -0.25) is 0 Å². The highest BCUT2D eigenvalue weighted by Gasteiger charge is 2.30. The summed E-state index contributed by atoms with van der Waals surface area (Å²) in [7, 11) is -4.17. The first kappa shape index (κ1) is 15.5. The fraction of sp³-hybridized carbons (Fsp3) is 0.250. The van der Waals surface area contributed by atoms with E-state index in [0.29, 0.717) is 5.39 Å². The minimum absolute atomic E-state index is 0.183. The van der Waals surface area contributed by atoms with Gasteiger partial charge >= 0.3 is 5.63 Å². The maximum Gasteiger partial charge on any atom is 0.336 e. The molecule has 0 unspecified atom stereocenters. The monoisotopic (exact) mass is 319 g/mol. The van der Waals surface area contributed by atoms with E-state index in [1.165, 1.54) is 18.2 Å². The predicted molar refractivity (Wildman–Crippen MR) is 69.7 cm³/mol. The van der Waals surface area contributed by atoms with E-state index in [2.05, 4.69) is 0 Å². The number of hydrogen-bond donors (Lipinski definition) is 2. The molecule has 1 heterocycles. The van der Waals surface area contributed by atoms with Gasteiger partial charge in [-0.15, -0.1) is 0 Å². The predicted octanol–water partition coefficient (Wildman–Crippen LogP) is 0.699. The van der Waals surface area contributed by atoms with Gasteiger partial charge in [0, 0.05) is 11.5 Å². The summed E-state index contributed by atoms with van der Waals surface area (Å²) in [5.74, 6) is -3.54. The molecular weight excluding hydrogens is 308 g/mol. The molecule has 0 saturated heterocycles. The van der Waals surface area contributed by atoms with Gasteiger partial charge in [-0.1, -0.05) is 0 Å². The lowest BCUT2D eigenvalue weighted by atomic mass is 10.2. The third-order valence-corrected chi connectivity index (χ3v) is 4.05. The zero-order chi connectivity index (χ0) is 15.7. The quantitative estimate of drug-likeness (QED) is 0.791. The number of rotatable bonds is 5. The van der Waals surface area contributed by atoms with Crippen molar-refractivity contribution in [3.63, 3.8) is 0 Å². The third-order valence-electron chi connectivity index (χ3n) is 2.65. The van der Waals surface area contributed by atoms with Crippen molar-refractivity contribution >= 4 is 21.0 Å². The van der Waals surface area contributed by atoms with Crippen molar-refractivity contribution in [1.82, 2.24) is 4.72 Å². The topological polar surface area (TPSA) is 96.6 Å². The molecule has 9 heteroatoms. The Labute approximate surface area is 118 Å². The number of nitrogens with one attached hydrogen (secondary N) is 1. The largest absolute Gasteiger partial charge is 0.423 e. The fourth-order valence-corrected chi connectivity index (χ4v) is 2.65. The third kappa shape index (κ3) is 3.63. The molecule has 6 nitrogen and oxygen atoms in total. The van der Waals surface area contributed by atoms with Crippen molar-refractivity contribution in [2.24, 2.45) is 0 Å². The van der Waals surface area contributed by atoms with E-state index in [9.17, 15) is 22.0 Å². The molecule has 0 saturated carbocycles. The van der Waals surface area contributed by atoms with Gasteiger partial charge in [0.05, 0.1) is 11.4 Å². The highest BCUT2D eigenvalue weighted by atomic mass is 32.2. The van der Waals surface area contributed by atoms with Crippen molar-refractivity contribution in [3.8, 4) is 0 Å². The van der Waals surface area contributed by atoms with Crippen molar-refractivity contribution < 1.29 is 26.7 Å². The Balaban J connectivity index is 2.32. The Morgan fingerprint density at radius 1 is 1.24 bits per heavy atom. The van der Waals surface area contributed by atoms with Crippen LogP contribution in [0, 0.1) is 0 Å². The molecule has 0 bridgehead atoms. The van der Waals surface area contributed by atoms with E-state index in [1.54, 1.807) is 4.72 Å². The van der Waals surface area contributed by atoms with Crippen LogP contribution in [0.4, 0.5) is 8.78 Å². The Morgan fingerprint density at radius 3 is 2.62 bits per heavy atom. The summed E-state index contributed by atoms with van der Waals surface area (Å²) in [5, 5.41) is 8.74. The van der Waals surface area contributed by atoms with Crippen LogP contribution in [0.1, 0.15) is 0 Å². The minimum Gasteiger partial charge on any atom is -0.423 e. The van der Waals surface area contributed by atoms with E-state index >= 15 is 0 Å². The molecule has 1 aromatic carbocycles. The molecule has 2 aromatic rings. The summed E-state index contributed by atoms with van der Waals surface area (Å²) < 4.78 is 56.1. The normalized spacial score (nSPS) is 12.7. The molecule has 0 aliphatic carbocycles. The highest BCUT2D eigenvalue weighted by molar-refractivity contribution is 7.89. The van der Waals surface area contributed by atoms with Crippen LogP contribution in [0.5, 0.6) is 0 Å². The zero-order valence-corrected chi connectivity index (χ0v) is 11.4. The van der Waals surface area contributed by atoms with Crippen LogP contribution in [-0.4, -0.2) is 32.6 Å². The molecule has 0 radical (unpaired) electrons. The van der Waals surface area contributed by atoms with Gasteiger partial charge in [0.25, 0.3) is 5.92 Å². The molecule has 114 valence electrons. The number of sulfonamides is 1. The van der Waals surface area contributed by atoms with Crippen LogP contribution in [0.2, 0.25) is 0 Å². The Morgan fingerprint density at radius 2 is 1.95 bits per heavy atom. The summed E-state index contributed by atoms with van der Waals surface area (Å²) in [6, 6.07) is 6.06. The van der Waals surface area contributed by atoms with E-state index in [4.69, 9.17) is 9.52 Å². The first-order valence-corrected chi connectivity index (χ1v) is 7.24. The van der Waals surface area contributed by atoms with Gasteiger partial charge in [-0.2, -0.15) is 0 Å². The number of benzene rings is 1. The fourth-order valence-electron chi connectivity index (χ4n) is 1.56. The number of alkyl halides is 2. The number of hydrogen-bond acceptors (Lipinski definition) is 5. The second-order valence-corrected chi connectivity index (χ2v) is 6.06. The molecule has 0 atom stereocenters. The van der Waals surface area contributed by atoms with Gasteiger partial charge in [0.1, 0.15) is 12.2 Å². The lowest BCUT2D eigenvalue weighted by Crippen LogP contribution is -2.38. The molecular formula is C12H11F2NO5S. The average Bonchev–Trinajstić information content (AvgIpc) is 2.45. The summed E-state index contributed by atoms with van der Waals surface area (Å²) in [6.45, 7) is -2.67. The van der Waals surface area contributed by atoms with Crippen LogP contribution in [0.25, 0.3) is 11.0 Å². The Bertz CT molecular complexity index is 816. The molecule has 0 spiro atoms. The van der Waals surface area contributed by atoms with E-state index in [0.717, 1.165) is 12.1 Å². The second kappa shape index (κ2) is 5.51. The van der Waals surface area contributed by atoms with Crippen LogP contribution in [0.3, 0.4) is 0 Å². The summed E-state index contributed by atoms with van der Waals surface area (Å²) >= 11 is 0. The summed E-state index contributed by atoms with van der Waals surface area (Å²) in [5.41, 5.74) is -0.402. The van der Waals surface area contributed by atoms with Crippen LogP contribution in [0.15, 0.2) is 44.4 Å². The molecule has 0 fully saturated rings. The van der Waals surface area contributed by atoms with Crippen molar-refractivity contribution in [3.05, 3.63) is 40.8 Å². The highest BCUT2D eigenvalue weighted by Crippen LogP contribution is 2.18. The first-order chi connectivity index (χ1) is 9.73. The number of aliphatic hydroxyl groups is 1. The molecule has 0 amide bonds. The summed E-state index contributed by atoms with van der Waals surface area (Å²) in [6.07, 6.45) is 0. The first-order valence-electron chi connectivity index (χ1n) is 5.76. The molecule has 2 rings (SSSR count). The van der Waals surface area contributed by atoms with E-state index < -0.39 is 34.7 Å². The smallest absolute Gasteiger partial charge is 0.336 e. The second-order valence-electron chi connectivity index (χ2n) is 4.29. The van der Waals surface area contributed by atoms with Gasteiger partial charge < -0.3 is 9.52 Å². The van der Waals surface area contributed by atoms with Crippen molar-refractivity contribution in [2.75, 3.05) is 13.2 Å². The molecule has 0 aliphatic heterocycles. The number of halogens is 2. The van der Waals surface area contributed by atoms with Crippen molar-refractivity contribution in [1.29, 1.82) is 0 Å². The maximum absolute atomic E-state index is 12.9. The summed E-state index contributed by atoms with van der Waals surface area (Å²) in [4.78, 5) is 10.8. The minimum atomic E-state index is -4.17. The molecule has 0 aliphatic rings. The molecule has 1 aromatic heterocycles. The van der Waals surface area contributed by atoms with Gasteiger partial charge in [-0.25, -0.2) is 26.7 Å². The van der Waals surface area contributed by atoms with Crippen LogP contribution < -0.4 is 10.3 Å². The van der Waals surface area contributed by atoms with E-state index in [-0.39, 0.29) is 10.5 Å². The molecule has 21 heavy (non-hydrogen) atoms. The Hall–Kier alpha value is -1.84. The van der Waals surface area contributed by atoms with Gasteiger partial charge in [-0.05, 0) is 24.3 Å². The standard InChI is InChI=1S/C12H11F2NO5S/c13-12(14,7-16)6-15-21(18,19)9-2-3-10-8(5-9)1-4-11(17)20-10/h1-5,15-16H,6-7H2. The number of fused-ring (bicyclic) bond motifs is 1. The lowest BCUT2D eigenvalue weighted by molar-refractivity contribution is -0.0437.